The van der Waals surface area contributed by atoms with Crippen molar-refractivity contribution < 1.29 is 62.0 Å². The molecule has 0 radical (unpaired) electrons. The van der Waals surface area contributed by atoms with Crippen LogP contribution in [0, 0.1) is 11.6 Å². The number of aliphatic carboxylic acids is 2. The van der Waals surface area contributed by atoms with Gasteiger partial charge in [0.2, 0.25) is 4.80 Å². The first kappa shape index (κ1) is 46.6. The van der Waals surface area contributed by atoms with Crippen LogP contribution in [-0.2, 0) is 36.8 Å². The average molecular weight is 913 g/mol. The molecule has 24 heteroatoms. The van der Waals surface area contributed by atoms with Crippen LogP contribution in [0.25, 0.3) is 0 Å². The fourth-order valence-corrected chi connectivity index (χ4v) is 8.01. The molecule has 3 aromatic rings. The van der Waals surface area contributed by atoms with E-state index in [2.05, 4.69) is 10.3 Å². The second-order valence-electron chi connectivity index (χ2n) is 12.9. The van der Waals surface area contributed by atoms with Gasteiger partial charge in [-0.3, -0.25) is 33.7 Å². The van der Waals surface area contributed by atoms with Crippen LogP contribution in [0.15, 0.2) is 50.3 Å². The van der Waals surface area contributed by atoms with E-state index in [4.69, 9.17) is 52.7 Å². The van der Waals surface area contributed by atoms with Gasteiger partial charge in [-0.15, -0.1) is 11.8 Å². The zero-order chi connectivity index (χ0) is 42.9. The molecule has 3 aliphatic rings. The van der Waals surface area contributed by atoms with Crippen molar-refractivity contribution in [2.75, 3.05) is 23.5 Å². The van der Waals surface area contributed by atoms with Crippen molar-refractivity contribution >= 4 is 89.2 Å². The predicted octanol–water partition coefficient (Wildman–Crippen LogP) is 6.08. The Balaban J connectivity index is 0.000000209. The molecule has 316 valence electrons. The fourth-order valence-electron chi connectivity index (χ4n) is 5.53. The first-order valence-corrected chi connectivity index (χ1v) is 21.7. The summed E-state index contributed by atoms with van der Waals surface area (Å²) >= 11 is 14.0. The van der Waals surface area contributed by atoms with Gasteiger partial charge >= 0.3 is 36.4 Å². The van der Waals surface area contributed by atoms with Crippen molar-refractivity contribution in [3.63, 3.8) is 0 Å². The Morgan fingerprint density at radius 3 is 2.21 bits per heavy atom. The van der Waals surface area contributed by atoms with E-state index in [1.54, 1.807) is 23.2 Å². The number of carbonyl (C=O) groups is 4. The summed E-state index contributed by atoms with van der Waals surface area (Å²) in [6.45, 7) is 4.12. The van der Waals surface area contributed by atoms with E-state index in [0.29, 0.717) is 33.3 Å². The third kappa shape index (κ3) is 13.0. The summed E-state index contributed by atoms with van der Waals surface area (Å²) in [5, 5.41) is 19.1. The molecule has 0 unspecified atom stereocenters. The van der Waals surface area contributed by atoms with E-state index < -0.39 is 56.0 Å². The van der Waals surface area contributed by atoms with Crippen LogP contribution in [0.1, 0.15) is 52.4 Å². The normalized spacial score (nSPS) is 15.6. The molecule has 1 saturated carbocycles. The quantitative estimate of drug-likeness (QED) is 0.0833. The lowest BCUT2D eigenvalue weighted by molar-refractivity contribution is -0.136. The number of imide groups is 1. The Bertz CT molecular complexity index is 2270. The minimum absolute atomic E-state index is 0.00962. The molecule has 2 aromatic carbocycles. The molecule has 3 heterocycles. The van der Waals surface area contributed by atoms with Gasteiger partial charge in [-0.05, 0) is 87.5 Å². The highest BCUT2D eigenvalue weighted by Gasteiger charge is 2.40. The second-order valence-corrected chi connectivity index (χ2v) is 17.3. The summed E-state index contributed by atoms with van der Waals surface area (Å²) in [5.74, 6) is -4.27. The minimum atomic E-state index is -4.10. The third-order valence-electron chi connectivity index (χ3n) is 8.12. The van der Waals surface area contributed by atoms with Crippen LogP contribution >= 0.6 is 53.9 Å². The lowest BCUT2D eigenvalue weighted by Gasteiger charge is -2.18. The Hall–Kier alpha value is -4.08. The molecule has 1 aliphatic carbocycles. The smallest absolute Gasteiger partial charge is 0.427 e. The molecule has 17 nitrogen and oxygen atoms in total. The van der Waals surface area contributed by atoms with Crippen molar-refractivity contribution in [1.82, 2.24) is 14.7 Å². The number of fused-ring (bicyclic) bond motifs is 1. The highest BCUT2D eigenvalue weighted by atomic mass is 35.5. The molecule has 0 bridgehead atoms. The van der Waals surface area contributed by atoms with Gasteiger partial charge < -0.3 is 29.5 Å². The lowest BCUT2D eigenvalue weighted by atomic mass is 10.2. The highest BCUT2D eigenvalue weighted by Crippen LogP contribution is 2.38. The molecule has 0 spiro atoms. The number of anilines is 1. The number of carbonyl (C=O) groups excluding carboxylic acids is 2. The number of ether oxygens (including phenoxy) is 2. The van der Waals surface area contributed by atoms with Gasteiger partial charge in [0.15, 0.2) is 5.76 Å². The molecule has 1 aromatic heterocycles. The number of nitrogens with one attached hydrogen (secondary N) is 1. The number of nitrogens with zero attached hydrogens (tertiary/aromatic N) is 4. The standard InChI is InChI=1S/C17H17ClFNO4.C14H13ClFN3O3S2.C3H8NO5P/c1-9(2)15-16(21)20(17(22)24-15)13-8-14(11(18)7-12(13)19)23-10-5-3-4-6-10;15-8-5-9(16)10(6-11(8)23-7-12(20)21)17-13-18-3-1-2-4-19(18)14(22)24-13;5-3(6)1-4-2-10(7,8)9/h7-8,10H,3-6H2,1-2H3;5-6H,1-4,7H2,(H,20,21);4H,1-2H2,(H,5,6)(H2,7,8,9). The number of aromatic nitrogens is 2. The number of allylic oxidation sites excluding steroid dienone is 1. The number of rotatable bonds is 11. The maximum absolute atomic E-state index is 14.3. The predicted molar refractivity (Wildman–Crippen MR) is 210 cm³/mol. The highest BCUT2D eigenvalue weighted by molar-refractivity contribution is 8.00. The number of hydrogen-bond acceptors (Lipinski definition) is 12. The largest absolute Gasteiger partial charge is 0.489 e. The number of amides is 2. The molecule has 1 saturated heterocycles. The van der Waals surface area contributed by atoms with Crippen molar-refractivity contribution in [1.29, 1.82) is 0 Å². The number of carboxylic acids is 2. The van der Waals surface area contributed by atoms with Gasteiger partial charge in [-0.1, -0.05) is 23.2 Å². The summed E-state index contributed by atoms with van der Waals surface area (Å²) in [4.78, 5) is 78.8. The summed E-state index contributed by atoms with van der Waals surface area (Å²) in [7, 11) is -4.10. The van der Waals surface area contributed by atoms with Crippen molar-refractivity contribution in [2.45, 2.75) is 76.5 Å². The van der Waals surface area contributed by atoms with E-state index in [0.717, 1.165) is 73.8 Å². The Kier molecular flexibility index (Phi) is 16.7. The number of halogens is 4. The zero-order valence-corrected chi connectivity index (χ0v) is 34.8. The molecule has 58 heavy (non-hydrogen) atoms. The second kappa shape index (κ2) is 20.7. The maximum Gasteiger partial charge on any atom is 0.427 e. The van der Waals surface area contributed by atoms with Gasteiger partial charge in [0.05, 0.1) is 40.4 Å². The average Bonchev–Trinajstić information content (AvgIpc) is 3.84. The summed E-state index contributed by atoms with van der Waals surface area (Å²) in [6.07, 6.45) is 4.27. The van der Waals surface area contributed by atoms with E-state index >= 15 is 0 Å². The number of cyclic esters (lactones) is 1. The van der Waals surface area contributed by atoms with Gasteiger partial charge in [-0.25, -0.2) is 28.1 Å². The maximum atomic E-state index is 14.3. The van der Waals surface area contributed by atoms with Crippen LogP contribution in [0.2, 0.25) is 10.0 Å². The lowest BCUT2D eigenvalue weighted by Crippen LogP contribution is -2.31. The number of thioether (sulfide) groups is 1. The van der Waals surface area contributed by atoms with Crippen molar-refractivity contribution in [2.24, 2.45) is 4.99 Å². The van der Waals surface area contributed by atoms with E-state index in [1.807, 2.05) is 0 Å². The molecule has 0 atom stereocenters. The van der Waals surface area contributed by atoms with Gasteiger partial charge in [0, 0.05) is 24.1 Å². The van der Waals surface area contributed by atoms with Gasteiger partial charge in [0.1, 0.15) is 23.1 Å². The topological polar surface area (TPSA) is 239 Å². The Morgan fingerprint density at radius 2 is 1.62 bits per heavy atom. The zero-order valence-electron chi connectivity index (χ0n) is 30.8. The van der Waals surface area contributed by atoms with Gasteiger partial charge in [0.25, 0.3) is 0 Å². The van der Waals surface area contributed by atoms with Crippen LogP contribution in [-0.4, -0.2) is 78.0 Å². The summed E-state index contributed by atoms with van der Waals surface area (Å²) in [5.41, 5.74) is 0.348. The molecule has 5 N–H and O–H groups in total. The fraction of sp³-hybridized carbons (Fsp3) is 0.412. The number of benzene rings is 2. The summed E-state index contributed by atoms with van der Waals surface area (Å²) in [6, 6.07) is 4.85. The van der Waals surface area contributed by atoms with Crippen molar-refractivity contribution in [3.8, 4) is 5.75 Å². The summed E-state index contributed by atoms with van der Waals surface area (Å²) < 4.78 is 52.6. The van der Waals surface area contributed by atoms with E-state index in [-0.39, 0.29) is 49.7 Å². The molecule has 2 amide bonds. The molecule has 2 aliphatic heterocycles. The van der Waals surface area contributed by atoms with Crippen LogP contribution < -0.4 is 24.6 Å². The van der Waals surface area contributed by atoms with Crippen LogP contribution in [0.3, 0.4) is 0 Å². The first-order chi connectivity index (χ1) is 27.2. The molecule has 6 rings (SSSR count). The molecular formula is C34H38Cl2F2N5O12PS2. The van der Waals surface area contributed by atoms with Gasteiger partial charge in [-0.2, -0.15) is 0 Å². The number of carboxylic acid groups (broad SMARTS) is 2. The van der Waals surface area contributed by atoms with Crippen LogP contribution in [0.4, 0.5) is 25.0 Å². The molecule has 2 fully saturated rings. The Labute approximate surface area is 347 Å². The number of hydrogen-bond donors (Lipinski definition) is 5. The minimum Gasteiger partial charge on any atom is -0.489 e. The monoisotopic (exact) mass is 911 g/mol. The first-order valence-electron chi connectivity index (χ1n) is 17.3. The van der Waals surface area contributed by atoms with E-state index in [1.165, 1.54) is 12.1 Å². The van der Waals surface area contributed by atoms with Crippen molar-refractivity contribution in [3.05, 3.63) is 71.7 Å². The SMILES string of the molecule is CC(C)=C1OC(=O)N(c2cc(OC3CCCC3)c(Cl)cc2F)C1=O.O=C(O)CNCP(=O)(O)O.O=C(O)CSc1cc(N=c2sc(=O)n3n2CCCC3)c(F)cc1Cl. The van der Waals surface area contributed by atoms with Crippen LogP contribution in [0.5, 0.6) is 5.75 Å². The third-order valence-corrected chi connectivity index (χ3v) is 11.4. The molecular weight excluding hydrogens is 874 g/mol. The Morgan fingerprint density at radius 1 is 0.983 bits per heavy atom. The van der Waals surface area contributed by atoms with E-state index in [9.17, 15) is 37.3 Å².